The third kappa shape index (κ3) is 16.9. The Kier molecular flexibility index (Phi) is 24.9. The highest BCUT2D eigenvalue weighted by atomic mass is 16.8. The van der Waals surface area contributed by atoms with E-state index in [9.17, 15) is 15.0 Å². The lowest BCUT2D eigenvalue weighted by Crippen LogP contribution is -2.65. The van der Waals surface area contributed by atoms with Crippen LogP contribution in [0.3, 0.4) is 0 Å². The smallest absolute Gasteiger partial charge is 0.303 e. The number of aliphatic hydroxyl groups excluding tert-OH is 2. The zero-order valence-corrected chi connectivity index (χ0v) is 53.5. The van der Waals surface area contributed by atoms with Gasteiger partial charge in [0.2, 0.25) is 0 Å². The van der Waals surface area contributed by atoms with E-state index < -0.39 is 68.2 Å². The topological polar surface area (TPSA) is 168 Å². The van der Waals surface area contributed by atoms with E-state index in [1.807, 2.05) is 109 Å². The molecule has 3 saturated heterocycles. The Hall–Kier alpha value is -4.17. The lowest BCUT2D eigenvalue weighted by Gasteiger charge is -2.52. The van der Waals surface area contributed by atoms with Gasteiger partial charge in [-0.25, -0.2) is 0 Å². The molecule has 0 spiro atoms. The van der Waals surface area contributed by atoms with Crippen molar-refractivity contribution in [3.8, 4) is 0 Å². The minimum atomic E-state index is -1.36. The summed E-state index contributed by atoms with van der Waals surface area (Å²) in [5.74, 6) is 0.254. The predicted molar refractivity (Wildman–Crippen MR) is 330 cm³/mol. The largest absolute Gasteiger partial charge is 0.459 e. The molecule has 0 bridgehead atoms. The lowest BCUT2D eigenvalue weighted by molar-refractivity contribution is -0.380. The van der Waals surface area contributed by atoms with Gasteiger partial charge in [0.25, 0.3) is 0 Å². The van der Waals surface area contributed by atoms with Gasteiger partial charge in [0.1, 0.15) is 42.7 Å². The molecule has 10 unspecified atom stereocenters. The Balaban J connectivity index is 0.961. The lowest BCUT2D eigenvalue weighted by atomic mass is 9.69. The van der Waals surface area contributed by atoms with E-state index in [0.717, 1.165) is 47.9 Å². The average Bonchev–Trinajstić information content (AvgIpc) is 1.05. The number of esters is 1. The van der Waals surface area contributed by atoms with Gasteiger partial charge < -0.3 is 67.1 Å². The summed E-state index contributed by atoms with van der Waals surface area (Å²) in [6, 6.07) is 40.2. The van der Waals surface area contributed by atoms with Crippen LogP contribution in [0, 0.1) is 59.2 Å². The standard InChI is InChI=1S/C72H102O15/c1-12-56-34-59(45(5)47(7)64(56)82-60-35-57(41-76-37-52-26-18-14-19-27-52)43(3)46(6)65(60)80-51(11)74)81-67-48(8)44(4)58(13-2)83-71(67)87-68-63(75)61(36-73)84-72(69(68)78-39-54-30-22-16-23-31-54)86-66-49(9)50(10)70(79-40-55-32-24-17-25-33-55)85-62(66)42-77-38-53-28-20-15-21-29-53/h14-33,43-50,56-73,75H,12-13,34-42H2,1-11H3/t43-,44-,45+,46+,47-,48-,49-,50?,56?,57?,58?,59?,60?,61?,62?,63-,64+,65+,66+,67?,68+,69?,70-,71+,72+/m1/s1. The van der Waals surface area contributed by atoms with Gasteiger partial charge in [0, 0.05) is 12.8 Å². The van der Waals surface area contributed by atoms with Crippen LogP contribution in [0.4, 0.5) is 0 Å². The van der Waals surface area contributed by atoms with Gasteiger partial charge in [-0.15, -0.1) is 0 Å². The first-order chi connectivity index (χ1) is 42.1. The fraction of sp³-hybridized carbons (Fsp3) is 0.653. The van der Waals surface area contributed by atoms with Gasteiger partial charge in [0.05, 0.1) is 76.8 Å². The molecule has 5 aliphatic rings. The molecule has 15 nitrogen and oxygen atoms in total. The second kappa shape index (κ2) is 32.2. The van der Waals surface area contributed by atoms with E-state index in [0.29, 0.717) is 26.4 Å². The Morgan fingerprint density at radius 1 is 0.437 bits per heavy atom. The SMILES string of the molecule is CCC1CC(OC2[C@H](O[C@@H]3C(OCc4ccccc4)[C@H](O[C@@H]4C(COCc5ccccc5)O[C@@H](OCc5ccccc5)C(C)[C@H]4C)OC(CO)[C@H]3O)OC(CC)[C@H](C)[C@H]2C)[C@@H](C)[C@@H](C)[C@@H]1OC1CC(COCc2ccccc2)[C@H](C)[C@H](C)[C@@H]1OC(C)=O. The zero-order chi connectivity index (χ0) is 61.7. The van der Waals surface area contributed by atoms with Crippen molar-refractivity contribution in [3.05, 3.63) is 144 Å². The molecular formula is C72H102O15. The van der Waals surface area contributed by atoms with Crippen molar-refractivity contribution in [2.45, 2.75) is 220 Å². The molecule has 25 atom stereocenters. The van der Waals surface area contributed by atoms with Crippen molar-refractivity contribution < 1.29 is 71.8 Å². The zero-order valence-electron chi connectivity index (χ0n) is 53.5. The van der Waals surface area contributed by atoms with Crippen molar-refractivity contribution in [3.63, 3.8) is 0 Å². The molecular weight excluding hydrogens is 1100 g/mol. The summed E-state index contributed by atoms with van der Waals surface area (Å²) in [6.07, 6.45) is -7.25. The summed E-state index contributed by atoms with van der Waals surface area (Å²) in [4.78, 5) is 12.8. The molecule has 4 aromatic carbocycles. The van der Waals surface area contributed by atoms with E-state index >= 15 is 0 Å². The maximum Gasteiger partial charge on any atom is 0.303 e. The second-order valence-corrected chi connectivity index (χ2v) is 26.1. The van der Waals surface area contributed by atoms with Gasteiger partial charge in [0.15, 0.2) is 18.9 Å². The number of carbonyl (C=O) groups is 1. The first kappa shape index (κ1) is 67.2. The highest BCUT2D eigenvalue weighted by Gasteiger charge is 2.55. The Labute approximate surface area is 518 Å². The normalized spacial score (nSPS) is 38.2. The first-order valence-corrected chi connectivity index (χ1v) is 32.7. The molecule has 87 heavy (non-hydrogen) atoms. The van der Waals surface area contributed by atoms with Crippen molar-refractivity contribution >= 4 is 5.97 Å². The summed E-state index contributed by atoms with van der Waals surface area (Å²) < 4.78 is 82.4. The van der Waals surface area contributed by atoms with Gasteiger partial charge >= 0.3 is 5.97 Å². The van der Waals surface area contributed by atoms with Crippen molar-refractivity contribution in [1.82, 2.24) is 0 Å². The monoisotopic (exact) mass is 1210 g/mol. The predicted octanol–water partition coefficient (Wildman–Crippen LogP) is 11.9. The Bertz CT molecular complexity index is 2620. The molecule has 2 N–H and O–H groups in total. The van der Waals surface area contributed by atoms with E-state index in [2.05, 4.69) is 81.4 Å². The van der Waals surface area contributed by atoms with Gasteiger partial charge in [-0.2, -0.15) is 0 Å². The number of rotatable bonds is 26. The van der Waals surface area contributed by atoms with Crippen LogP contribution in [0.2, 0.25) is 0 Å². The number of hydrogen-bond donors (Lipinski definition) is 2. The molecule has 5 fully saturated rings. The van der Waals surface area contributed by atoms with E-state index in [1.54, 1.807) is 0 Å². The van der Waals surface area contributed by atoms with Crippen LogP contribution in [0.5, 0.6) is 0 Å². The van der Waals surface area contributed by atoms with E-state index in [1.165, 1.54) is 6.92 Å². The van der Waals surface area contributed by atoms with Crippen LogP contribution in [-0.2, 0) is 88.1 Å². The maximum atomic E-state index is 12.8. The molecule has 3 heterocycles. The molecule has 0 radical (unpaired) electrons. The van der Waals surface area contributed by atoms with Crippen LogP contribution < -0.4 is 0 Å². The van der Waals surface area contributed by atoms with Gasteiger partial charge in [-0.1, -0.05) is 197 Å². The molecule has 2 saturated carbocycles. The highest BCUT2D eigenvalue weighted by molar-refractivity contribution is 5.66. The van der Waals surface area contributed by atoms with Crippen LogP contribution in [0.15, 0.2) is 121 Å². The Morgan fingerprint density at radius 3 is 1.47 bits per heavy atom. The molecule has 480 valence electrons. The van der Waals surface area contributed by atoms with Crippen LogP contribution in [-0.4, -0.2) is 128 Å². The third-order valence-electron chi connectivity index (χ3n) is 20.5. The summed E-state index contributed by atoms with van der Waals surface area (Å²) in [5, 5.41) is 23.6. The van der Waals surface area contributed by atoms with Gasteiger partial charge in [-0.3, -0.25) is 4.79 Å². The Morgan fingerprint density at radius 2 is 0.908 bits per heavy atom. The van der Waals surface area contributed by atoms with Crippen LogP contribution in [0.1, 0.15) is 124 Å². The number of benzene rings is 4. The van der Waals surface area contributed by atoms with Crippen molar-refractivity contribution in [2.75, 3.05) is 19.8 Å². The molecule has 3 aliphatic heterocycles. The quantitative estimate of drug-likeness (QED) is 0.0569. The molecule has 0 aromatic heterocycles. The van der Waals surface area contributed by atoms with E-state index in [-0.39, 0.29) is 109 Å². The summed E-state index contributed by atoms with van der Waals surface area (Å²) >= 11 is 0. The summed E-state index contributed by atoms with van der Waals surface area (Å²) in [5.41, 5.74) is 4.10. The van der Waals surface area contributed by atoms with Gasteiger partial charge in [-0.05, 0) is 94.8 Å². The maximum absolute atomic E-state index is 12.8. The van der Waals surface area contributed by atoms with Crippen molar-refractivity contribution in [2.24, 2.45) is 59.2 Å². The summed E-state index contributed by atoms with van der Waals surface area (Å²) in [6.45, 7) is 25.1. The highest BCUT2D eigenvalue weighted by Crippen LogP contribution is 2.47. The molecule has 15 heteroatoms. The average molecular weight is 1210 g/mol. The number of carbonyl (C=O) groups excluding carboxylic acids is 1. The fourth-order valence-electron chi connectivity index (χ4n) is 14.3. The number of hydrogen-bond acceptors (Lipinski definition) is 15. The first-order valence-electron chi connectivity index (χ1n) is 32.7. The summed E-state index contributed by atoms with van der Waals surface area (Å²) in [7, 11) is 0. The number of aliphatic hydroxyl groups is 2. The van der Waals surface area contributed by atoms with E-state index in [4.69, 9.17) is 56.8 Å². The van der Waals surface area contributed by atoms with Crippen LogP contribution in [0.25, 0.3) is 0 Å². The molecule has 0 amide bonds. The second-order valence-electron chi connectivity index (χ2n) is 26.1. The van der Waals surface area contributed by atoms with Crippen molar-refractivity contribution in [1.29, 1.82) is 0 Å². The minimum Gasteiger partial charge on any atom is -0.459 e. The van der Waals surface area contributed by atoms with Crippen LogP contribution >= 0.6 is 0 Å². The third-order valence-corrected chi connectivity index (χ3v) is 20.5. The minimum absolute atomic E-state index is 0.0294. The molecule has 2 aliphatic carbocycles. The number of ether oxygens (including phenoxy) is 12. The molecule has 9 rings (SSSR count). The molecule has 4 aromatic rings. The fourth-order valence-corrected chi connectivity index (χ4v) is 14.3.